The number of carbonyl (C=O) groups excluding carboxylic acids is 1. The van der Waals surface area contributed by atoms with E-state index in [1.54, 1.807) is 24.3 Å². The number of hydrogen-bond acceptors (Lipinski definition) is 5. The summed E-state index contributed by atoms with van der Waals surface area (Å²) in [6.07, 6.45) is -0.887. The Labute approximate surface area is 175 Å². The molecule has 1 atom stereocenters. The maximum Gasteiger partial charge on any atom is 0.416 e. The van der Waals surface area contributed by atoms with E-state index in [2.05, 4.69) is 9.46 Å². The van der Waals surface area contributed by atoms with E-state index in [4.69, 9.17) is 4.74 Å². The van der Waals surface area contributed by atoms with E-state index >= 15 is 0 Å². The van der Waals surface area contributed by atoms with E-state index in [1.165, 1.54) is 13.2 Å². The van der Waals surface area contributed by atoms with Gasteiger partial charge in [-0.3, -0.25) is 0 Å². The molecule has 1 saturated carbocycles. The third kappa shape index (κ3) is 5.60. The van der Waals surface area contributed by atoms with Crippen molar-refractivity contribution < 1.29 is 32.0 Å². The molecule has 1 fully saturated rings. The standard InChI is InChI=1S/C21H22F3NO4S/c1-28-20(26)15-8-6-14(7-9-15)13-29-19-12-16(21(22,23)24)10-11-18(19)25-30(27)17-4-2-3-5-17/h6-12,17,25H,2-5,13H2,1H3. The lowest BCUT2D eigenvalue weighted by Gasteiger charge is -2.20. The third-order valence-corrected chi connectivity index (χ3v) is 6.39. The predicted molar refractivity (Wildman–Crippen MR) is 108 cm³/mol. The molecule has 5 nitrogen and oxygen atoms in total. The Morgan fingerprint density at radius 1 is 1.17 bits per heavy atom. The summed E-state index contributed by atoms with van der Waals surface area (Å²) >= 11 is -1.40. The number of esters is 1. The molecule has 9 heteroatoms. The van der Waals surface area contributed by atoms with Crippen LogP contribution < -0.4 is 9.46 Å². The zero-order valence-electron chi connectivity index (χ0n) is 16.3. The Kier molecular flexibility index (Phi) is 7.14. The lowest BCUT2D eigenvalue weighted by Crippen LogP contribution is -2.25. The van der Waals surface area contributed by atoms with Gasteiger partial charge in [0.05, 0.1) is 29.6 Å². The zero-order chi connectivity index (χ0) is 21.7. The van der Waals surface area contributed by atoms with Gasteiger partial charge in [-0.25, -0.2) is 9.52 Å². The van der Waals surface area contributed by atoms with Gasteiger partial charge < -0.3 is 14.0 Å². The van der Waals surface area contributed by atoms with Crippen LogP contribution >= 0.6 is 0 Å². The minimum atomic E-state index is -4.52. The Morgan fingerprint density at radius 3 is 2.43 bits per heavy atom. The highest BCUT2D eigenvalue weighted by Gasteiger charge is 2.33. The van der Waals surface area contributed by atoms with E-state index in [0.29, 0.717) is 11.1 Å². The van der Waals surface area contributed by atoms with Gasteiger partial charge in [-0.2, -0.15) is 13.2 Å². The highest BCUT2D eigenvalue weighted by atomic mass is 32.2. The van der Waals surface area contributed by atoms with E-state index in [0.717, 1.165) is 37.8 Å². The molecule has 1 aliphatic carbocycles. The normalized spacial score (nSPS) is 15.6. The summed E-state index contributed by atoms with van der Waals surface area (Å²) in [6.45, 7) is -0.0203. The highest BCUT2D eigenvalue weighted by Crippen LogP contribution is 2.37. The molecule has 0 aliphatic heterocycles. The summed E-state index contributed by atoms with van der Waals surface area (Å²) in [7, 11) is 1.27. The van der Waals surface area contributed by atoms with Crippen LogP contribution in [0, 0.1) is 0 Å². The molecule has 30 heavy (non-hydrogen) atoms. The Bertz CT molecular complexity index is 868. The molecule has 162 valence electrons. The Balaban J connectivity index is 1.76. The first-order valence-electron chi connectivity index (χ1n) is 9.46. The topological polar surface area (TPSA) is 70.6 Å². The summed E-state index contributed by atoms with van der Waals surface area (Å²) in [5.41, 5.74) is 0.410. The predicted octanol–water partition coefficient (Wildman–Crippen LogP) is 5.09. The number of rotatable bonds is 7. The molecular formula is C21H22F3NO4S. The van der Waals surface area contributed by atoms with Gasteiger partial charge in [0.15, 0.2) is 0 Å². The van der Waals surface area contributed by atoms with Crippen molar-refractivity contribution in [1.29, 1.82) is 0 Å². The molecule has 0 spiro atoms. The van der Waals surface area contributed by atoms with Crippen LogP contribution in [0.3, 0.4) is 0 Å². The number of halogens is 3. The van der Waals surface area contributed by atoms with E-state index in [9.17, 15) is 22.5 Å². The molecule has 1 unspecified atom stereocenters. The number of benzene rings is 2. The van der Waals surface area contributed by atoms with Gasteiger partial charge in [0.2, 0.25) is 0 Å². The van der Waals surface area contributed by atoms with Crippen LogP contribution in [0.2, 0.25) is 0 Å². The molecular weight excluding hydrogens is 419 g/mol. The number of hydrogen-bond donors (Lipinski definition) is 1. The van der Waals surface area contributed by atoms with Crippen LogP contribution in [0.15, 0.2) is 42.5 Å². The van der Waals surface area contributed by atoms with Crippen LogP contribution in [0.25, 0.3) is 0 Å². The molecule has 0 aromatic heterocycles. The van der Waals surface area contributed by atoms with Gasteiger partial charge in [0.1, 0.15) is 23.3 Å². The van der Waals surface area contributed by atoms with Gasteiger partial charge >= 0.3 is 12.1 Å². The summed E-state index contributed by atoms with van der Waals surface area (Å²) in [5.74, 6) is -0.519. The maximum atomic E-state index is 13.1. The molecule has 0 radical (unpaired) electrons. The number of methoxy groups -OCH3 is 1. The average Bonchev–Trinajstić information content (AvgIpc) is 3.27. The first-order chi connectivity index (χ1) is 14.3. The van der Waals surface area contributed by atoms with Crippen molar-refractivity contribution in [3.63, 3.8) is 0 Å². The van der Waals surface area contributed by atoms with Crippen LogP contribution in [0.5, 0.6) is 5.75 Å². The second kappa shape index (κ2) is 9.61. The largest absolute Gasteiger partial charge is 0.593 e. The lowest BCUT2D eigenvalue weighted by atomic mass is 10.1. The first kappa shape index (κ1) is 22.3. The van der Waals surface area contributed by atoms with Crippen LogP contribution in [-0.2, 0) is 28.9 Å². The monoisotopic (exact) mass is 441 g/mol. The van der Waals surface area contributed by atoms with Crippen molar-refractivity contribution in [2.45, 2.75) is 43.7 Å². The van der Waals surface area contributed by atoms with Crippen molar-refractivity contribution in [3.05, 3.63) is 59.2 Å². The smallest absolute Gasteiger partial charge is 0.416 e. The van der Waals surface area contributed by atoms with Gasteiger partial charge in [-0.15, -0.1) is 0 Å². The summed E-state index contributed by atoms with van der Waals surface area (Å²) < 4.78 is 65.1. The number of nitrogens with one attached hydrogen (secondary N) is 1. The minimum absolute atomic E-state index is 0.0203. The van der Waals surface area contributed by atoms with Crippen molar-refractivity contribution in [1.82, 2.24) is 0 Å². The lowest BCUT2D eigenvalue weighted by molar-refractivity contribution is -0.137. The third-order valence-electron chi connectivity index (χ3n) is 4.89. The fourth-order valence-electron chi connectivity index (χ4n) is 3.21. The first-order valence-corrected chi connectivity index (χ1v) is 10.7. The van der Waals surface area contributed by atoms with Gasteiger partial charge in [0.25, 0.3) is 0 Å². The molecule has 3 rings (SSSR count). The summed E-state index contributed by atoms with van der Waals surface area (Å²) in [5, 5.41) is -0.0222. The number of alkyl halides is 3. The van der Waals surface area contributed by atoms with Crippen LogP contribution in [0.4, 0.5) is 18.9 Å². The van der Waals surface area contributed by atoms with E-state index in [-0.39, 0.29) is 23.3 Å². The minimum Gasteiger partial charge on any atom is -0.593 e. The number of anilines is 1. The van der Waals surface area contributed by atoms with Crippen LogP contribution in [0.1, 0.15) is 47.2 Å². The Morgan fingerprint density at radius 2 is 1.83 bits per heavy atom. The SMILES string of the molecule is COC(=O)c1ccc(COc2cc(C(F)(F)F)ccc2N[S+]([O-])C2CCCC2)cc1. The summed E-state index contributed by atoms with van der Waals surface area (Å²) in [4.78, 5) is 11.5. The maximum absolute atomic E-state index is 13.1. The Hall–Kier alpha value is -2.39. The second-order valence-corrected chi connectivity index (χ2v) is 8.46. The van der Waals surface area contributed by atoms with Gasteiger partial charge in [-0.1, -0.05) is 12.1 Å². The molecule has 1 aliphatic rings. The van der Waals surface area contributed by atoms with E-state index < -0.39 is 29.1 Å². The molecule has 2 aromatic rings. The van der Waals surface area contributed by atoms with Crippen LogP contribution in [-0.4, -0.2) is 22.9 Å². The summed E-state index contributed by atoms with van der Waals surface area (Å²) in [6, 6.07) is 9.43. The molecule has 1 N–H and O–H groups in total. The fourth-order valence-corrected chi connectivity index (χ4v) is 4.53. The van der Waals surface area contributed by atoms with E-state index in [1.807, 2.05) is 0 Å². The fraction of sp³-hybridized carbons (Fsp3) is 0.381. The molecule has 0 heterocycles. The molecule has 0 amide bonds. The van der Waals surface area contributed by atoms with Crippen molar-refractivity contribution in [3.8, 4) is 5.75 Å². The number of carbonyl (C=O) groups is 1. The van der Waals surface area contributed by atoms with Gasteiger partial charge in [0, 0.05) is 0 Å². The molecule has 0 bridgehead atoms. The van der Waals surface area contributed by atoms with Crippen molar-refractivity contribution >= 4 is 23.0 Å². The number of ether oxygens (including phenoxy) is 2. The van der Waals surface area contributed by atoms with Gasteiger partial charge in [-0.05, 0) is 61.6 Å². The van der Waals surface area contributed by atoms with Crippen molar-refractivity contribution in [2.75, 3.05) is 11.8 Å². The molecule has 0 saturated heterocycles. The highest BCUT2D eigenvalue weighted by molar-refractivity contribution is 7.93. The quantitative estimate of drug-likeness (QED) is 0.479. The zero-order valence-corrected chi connectivity index (χ0v) is 17.1. The van der Waals surface area contributed by atoms with Crippen molar-refractivity contribution in [2.24, 2.45) is 0 Å². The second-order valence-electron chi connectivity index (χ2n) is 6.99. The molecule has 2 aromatic carbocycles. The average molecular weight is 441 g/mol.